The molecule has 1 saturated heterocycles. The lowest BCUT2D eigenvalue weighted by Gasteiger charge is -2.33. The van der Waals surface area contributed by atoms with Gasteiger partial charge in [0.1, 0.15) is 12.1 Å². The maximum absolute atomic E-state index is 4.50. The molecule has 4 heterocycles. The Hall–Kier alpha value is -2.44. The van der Waals surface area contributed by atoms with Crippen molar-refractivity contribution in [1.82, 2.24) is 29.9 Å². The third-order valence-corrected chi connectivity index (χ3v) is 4.19. The topological polar surface area (TPSA) is 75.5 Å². The van der Waals surface area contributed by atoms with Crippen LogP contribution in [0.25, 0.3) is 11.0 Å². The number of nitrogens with zero attached hydrogens (tertiary/aromatic N) is 6. The second kappa shape index (κ2) is 4.83. The number of anilines is 1. The van der Waals surface area contributed by atoms with Crippen LogP contribution in [-0.4, -0.2) is 43.0 Å². The molecule has 21 heavy (non-hydrogen) atoms. The van der Waals surface area contributed by atoms with Gasteiger partial charge in [-0.1, -0.05) is 0 Å². The fraction of sp³-hybridized carbons (Fsp3) is 0.429. The lowest BCUT2D eigenvalue weighted by Crippen LogP contribution is -2.35. The number of rotatable bonds is 2. The Morgan fingerprint density at radius 1 is 1.33 bits per heavy atom. The highest BCUT2D eigenvalue weighted by molar-refractivity contribution is 5.86. The number of aromatic nitrogens is 6. The standard InChI is InChI=1S/C14H17N7/c1-20-13-11(7-18-20)14(16-9-15-13)21-6-2-3-10(8-21)12-4-5-17-19-12/h4-5,7,9-10H,2-3,6,8H2,1H3,(H,17,19)/t10-/m0/s1. The highest BCUT2D eigenvalue weighted by Crippen LogP contribution is 2.30. The zero-order chi connectivity index (χ0) is 14.2. The molecule has 3 aromatic heterocycles. The molecule has 4 rings (SSSR count). The molecule has 0 radical (unpaired) electrons. The van der Waals surface area contributed by atoms with Gasteiger partial charge in [-0.15, -0.1) is 0 Å². The Kier molecular flexibility index (Phi) is 2.83. The Labute approximate surface area is 122 Å². The maximum Gasteiger partial charge on any atom is 0.163 e. The molecule has 0 unspecified atom stereocenters. The van der Waals surface area contributed by atoms with Gasteiger partial charge in [0.05, 0.1) is 11.6 Å². The summed E-state index contributed by atoms with van der Waals surface area (Å²) in [5.74, 6) is 1.46. The molecule has 1 atom stereocenters. The van der Waals surface area contributed by atoms with Crippen molar-refractivity contribution in [2.24, 2.45) is 7.05 Å². The summed E-state index contributed by atoms with van der Waals surface area (Å²) in [6.45, 7) is 1.97. The summed E-state index contributed by atoms with van der Waals surface area (Å²) in [5, 5.41) is 12.5. The summed E-state index contributed by atoms with van der Waals surface area (Å²) < 4.78 is 1.79. The Morgan fingerprint density at radius 2 is 2.29 bits per heavy atom. The number of hydrogen-bond donors (Lipinski definition) is 1. The van der Waals surface area contributed by atoms with Gasteiger partial charge in [0.15, 0.2) is 5.65 Å². The van der Waals surface area contributed by atoms with Crippen molar-refractivity contribution >= 4 is 16.9 Å². The predicted octanol–water partition coefficient (Wildman–Crippen LogP) is 1.47. The van der Waals surface area contributed by atoms with Crippen LogP contribution in [0.1, 0.15) is 24.5 Å². The minimum Gasteiger partial charge on any atom is -0.355 e. The van der Waals surface area contributed by atoms with E-state index in [1.807, 2.05) is 19.4 Å². The van der Waals surface area contributed by atoms with E-state index in [1.54, 1.807) is 11.0 Å². The van der Waals surface area contributed by atoms with Crippen LogP contribution < -0.4 is 4.90 Å². The number of nitrogens with one attached hydrogen (secondary N) is 1. The molecule has 7 heteroatoms. The molecule has 0 spiro atoms. The molecule has 1 aliphatic heterocycles. The van der Waals surface area contributed by atoms with Gasteiger partial charge in [-0.3, -0.25) is 9.78 Å². The molecule has 0 aliphatic carbocycles. The van der Waals surface area contributed by atoms with Gasteiger partial charge in [-0.25, -0.2) is 9.97 Å². The van der Waals surface area contributed by atoms with Gasteiger partial charge in [0, 0.05) is 37.9 Å². The summed E-state index contributed by atoms with van der Waals surface area (Å²) in [7, 11) is 1.91. The first-order chi connectivity index (χ1) is 10.3. The van der Waals surface area contributed by atoms with Crippen molar-refractivity contribution < 1.29 is 0 Å². The number of hydrogen-bond acceptors (Lipinski definition) is 5. The van der Waals surface area contributed by atoms with Crippen molar-refractivity contribution in [2.75, 3.05) is 18.0 Å². The van der Waals surface area contributed by atoms with Gasteiger partial charge in [0.2, 0.25) is 0 Å². The van der Waals surface area contributed by atoms with Crippen molar-refractivity contribution in [1.29, 1.82) is 0 Å². The van der Waals surface area contributed by atoms with Crippen LogP contribution in [0, 0.1) is 0 Å². The van der Waals surface area contributed by atoms with E-state index in [4.69, 9.17) is 0 Å². The number of aromatic amines is 1. The molecule has 1 N–H and O–H groups in total. The molecule has 108 valence electrons. The third kappa shape index (κ3) is 2.05. The Balaban J connectivity index is 1.68. The first-order valence-corrected chi connectivity index (χ1v) is 7.20. The molecule has 3 aromatic rings. The largest absolute Gasteiger partial charge is 0.355 e. The summed E-state index contributed by atoms with van der Waals surface area (Å²) in [5.41, 5.74) is 2.08. The molecule has 0 amide bonds. The number of fused-ring (bicyclic) bond motifs is 1. The quantitative estimate of drug-likeness (QED) is 0.771. The number of H-pyrrole nitrogens is 1. The maximum atomic E-state index is 4.50. The van der Waals surface area contributed by atoms with E-state index in [9.17, 15) is 0 Å². The average Bonchev–Trinajstić information content (AvgIpc) is 3.18. The Bertz CT molecular complexity index is 746. The van der Waals surface area contributed by atoms with E-state index >= 15 is 0 Å². The minimum atomic E-state index is 0.475. The van der Waals surface area contributed by atoms with Crippen molar-refractivity contribution in [3.63, 3.8) is 0 Å². The molecule has 0 aromatic carbocycles. The van der Waals surface area contributed by atoms with E-state index in [1.165, 1.54) is 12.1 Å². The fourth-order valence-electron chi connectivity index (χ4n) is 3.12. The second-order valence-electron chi connectivity index (χ2n) is 5.50. The van der Waals surface area contributed by atoms with Crippen LogP contribution in [-0.2, 0) is 7.05 Å². The lowest BCUT2D eigenvalue weighted by molar-refractivity contribution is 0.499. The SMILES string of the molecule is Cn1ncc2c(N3CCC[C@H](c4ccn[nH]4)C3)ncnc21. The Morgan fingerprint density at radius 3 is 3.14 bits per heavy atom. The van der Waals surface area contributed by atoms with Gasteiger partial charge in [-0.05, 0) is 18.9 Å². The normalized spacial score (nSPS) is 19.3. The van der Waals surface area contributed by atoms with Gasteiger partial charge < -0.3 is 4.90 Å². The van der Waals surface area contributed by atoms with Crippen molar-refractivity contribution in [3.8, 4) is 0 Å². The molecule has 0 bridgehead atoms. The average molecular weight is 283 g/mol. The fourth-order valence-corrected chi connectivity index (χ4v) is 3.12. The predicted molar refractivity (Wildman–Crippen MR) is 79.1 cm³/mol. The summed E-state index contributed by atoms with van der Waals surface area (Å²) >= 11 is 0. The van der Waals surface area contributed by atoms with Crippen molar-refractivity contribution in [2.45, 2.75) is 18.8 Å². The molecular formula is C14H17N7. The molecule has 0 saturated carbocycles. The van der Waals surface area contributed by atoms with E-state index in [2.05, 4.69) is 36.2 Å². The van der Waals surface area contributed by atoms with Crippen LogP contribution in [0.15, 0.2) is 24.8 Å². The molecular weight excluding hydrogens is 266 g/mol. The zero-order valence-corrected chi connectivity index (χ0v) is 11.9. The third-order valence-electron chi connectivity index (χ3n) is 4.19. The van der Waals surface area contributed by atoms with E-state index in [-0.39, 0.29) is 0 Å². The number of aryl methyl sites for hydroxylation is 1. The van der Waals surface area contributed by atoms with Crippen LogP contribution >= 0.6 is 0 Å². The summed E-state index contributed by atoms with van der Waals surface area (Å²) in [4.78, 5) is 11.1. The zero-order valence-electron chi connectivity index (χ0n) is 11.9. The van der Waals surface area contributed by atoms with Crippen LogP contribution in [0.5, 0.6) is 0 Å². The van der Waals surface area contributed by atoms with Crippen LogP contribution in [0.2, 0.25) is 0 Å². The van der Waals surface area contributed by atoms with Gasteiger partial charge in [-0.2, -0.15) is 10.2 Å². The molecule has 1 aliphatic rings. The van der Waals surface area contributed by atoms with E-state index in [0.717, 1.165) is 36.4 Å². The monoisotopic (exact) mass is 283 g/mol. The second-order valence-corrected chi connectivity index (χ2v) is 5.50. The van der Waals surface area contributed by atoms with Crippen LogP contribution in [0.3, 0.4) is 0 Å². The van der Waals surface area contributed by atoms with Gasteiger partial charge in [0.25, 0.3) is 0 Å². The lowest BCUT2D eigenvalue weighted by atomic mass is 9.95. The smallest absolute Gasteiger partial charge is 0.163 e. The number of piperidine rings is 1. The van der Waals surface area contributed by atoms with E-state index < -0.39 is 0 Å². The van der Waals surface area contributed by atoms with Gasteiger partial charge >= 0.3 is 0 Å². The first-order valence-electron chi connectivity index (χ1n) is 7.20. The highest BCUT2D eigenvalue weighted by atomic mass is 15.3. The molecule has 1 fully saturated rings. The molecule has 7 nitrogen and oxygen atoms in total. The summed E-state index contributed by atoms with van der Waals surface area (Å²) in [6.07, 6.45) is 7.62. The van der Waals surface area contributed by atoms with Crippen molar-refractivity contribution in [3.05, 3.63) is 30.5 Å². The minimum absolute atomic E-state index is 0.475. The van der Waals surface area contributed by atoms with E-state index in [0.29, 0.717) is 5.92 Å². The van der Waals surface area contributed by atoms with Crippen LogP contribution in [0.4, 0.5) is 5.82 Å². The highest BCUT2D eigenvalue weighted by Gasteiger charge is 2.24. The summed E-state index contributed by atoms with van der Waals surface area (Å²) in [6, 6.07) is 2.06. The first kappa shape index (κ1) is 12.3.